The fraction of sp³-hybridized carbons (Fsp3) is 0.333. The first kappa shape index (κ1) is 33.4. The lowest BCUT2D eigenvalue weighted by Gasteiger charge is -2.23. The molecule has 44 heavy (non-hydrogen) atoms. The highest BCUT2D eigenvalue weighted by molar-refractivity contribution is 7.92. The highest BCUT2D eigenvalue weighted by atomic mass is 35.5. The van der Waals surface area contributed by atoms with Crippen LogP contribution in [0.3, 0.4) is 0 Å². The van der Waals surface area contributed by atoms with Gasteiger partial charge in [0.1, 0.15) is 10.6 Å². The lowest BCUT2D eigenvalue weighted by Crippen LogP contribution is -2.32. The van der Waals surface area contributed by atoms with Gasteiger partial charge in [-0.3, -0.25) is 19.0 Å². The molecule has 234 valence electrons. The second-order valence-electron chi connectivity index (χ2n) is 12.2. The van der Waals surface area contributed by atoms with E-state index in [4.69, 9.17) is 23.2 Å². The summed E-state index contributed by atoms with van der Waals surface area (Å²) in [5.74, 6) is -0.325. The Labute approximate surface area is 269 Å². The van der Waals surface area contributed by atoms with Crippen molar-refractivity contribution in [1.29, 1.82) is 0 Å². The Kier molecular flexibility index (Phi) is 9.73. The predicted octanol–water partition coefficient (Wildman–Crippen LogP) is 6.84. The molecule has 8 nitrogen and oxygen atoms in total. The molecule has 1 amide bonds. The number of benzene rings is 3. The summed E-state index contributed by atoms with van der Waals surface area (Å²) in [6.07, 6.45) is 0.761. The molecule has 4 aromatic rings. The Morgan fingerprint density at radius 1 is 1.00 bits per heavy atom. The normalized spacial score (nSPS) is 12.7. The third kappa shape index (κ3) is 7.06. The number of carbonyl (C=O) groups is 1. The number of rotatable bonds is 9. The molecule has 1 N–H and O–H groups in total. The third-order valence-electron chi connectivity index (χ3n) is 7.67. The number of hydrogen-bond acceptors (Lipinski definition) is 4. The summed E-state index contributed by atoms with van der Waals surface area (Å²) in [6.45, 7) is 10.6. The first-order chi connectivity index (χ1) is 20.5. The van der Waals surface area contributed by atoms with Crippen molar-refractivity contribution in [2.75, 3.05) is 18.3 Å². The van der Waals surface area contributed by atoms with Gasteiger partial charge in [0.05, 0.1) is 27.0 Å². The van der Waals surface area contributed by atoms with Crippen LogP contribution in [0.4, 0.5) is 5.69 Å². The van der Waals surface area contributed by atoms with Gasteiger partial charge < -0.3 is 4.90 Å². The summed E-state index contributed by atoms with van der Waals surface area (Å²) in [4.78, 5) is 28.0. The van der Waals surface area contributed by atoms with Crippen molar-refractivity contribution in [1.82, 2.24) is 14.3 Å². The largest absolute Gasteiger partial charge is 0.341 e. The van der Waals surface area contributed by atoms with Gasteiger partial charge in [-0.2, -0.15) is 0 Å². The van der Waals surface area contributed by atoms with Gasteiger partial charge in [-0.1, -0.05) is 93.4 Å². The van der Waals surface area contributed by atoms with Crippen LogP contribution < -0.4 is 10.3 Å². The molecule has 1 aromatic heterocycles. The molecule has 0 radical (unpaired) electrons. The first-order valence-electron chi connectivity index (χ1n) is 14.2. The number of carbonyl (C=O) groups excluding carboxylic acids is 1. The number of amides is 1. The third-order valence-corrected chi connectivity index (χ3v) is 9.80. The van der Waals surface area contributed by atoms with Crippen LogP contribution in [-0.2, 0) is 28.9 Å². The van der Waals surface area contributed by atoms with Gasteiger partial charge >= 0.3 is 0 Å². The Morgan fingerprint density at radius 3 is 2.20 bits per heavy atom. The van der Waals surface area contributed by atoms with Gasteiger partial charge in [-0.05, 0) is 60.1 Å². The Balaban J connectivity index is 1.56. The van der Waals surface area contributed by atoms with Gasteiger partial charge in [0.15, 0.2) is 0 Å². The summed E-state index contributed by atoms with van der Waals surface area (Å²) in [7, 11) is -1.08. The number of para-hydroxylation sites is 1. The average Bonchev–Trinajstić information content (AvgIpc) is 3.15. The van der Waals surface area contributed by atoms with E-state index in [9.17, 15) is 18.0 Å². The van der Waals surface area contributed by atoms with E-state index in [1.165, 1.54) is 21.2 Å². The van der Waals surface area contributed by atoms with Gasteiger partial charge in [0.25, 0.3) is 21.5 Å². The van der Waals surface area contributed by atoms with E-state index < -0.39 is 21.5 Å². The molecule has 3 aromatic carbocycles. The van der Waals surface area contributed by atoms with E-state index in [0.29, 0.717) is 17.9 Å². The number of halogens is 2. The number of sulfonamides is 1. The number of nitrogens with one attached hydrogen (secondary N) is 1. The van der Waals surface area contributed by atoms with Crippen LogP contribution in [0.2, 0.25) is 10.0 Å². The molecular weight excluding hydrogens is 619 g/mol. The zero-order valence-corrected chi connectivity index (χ0v) is 28.3. The second-order valence-corrected chi connectivity index (χ2v) is 14.7. The summed E-state index contributed by atoms with van der Waals surface area (Å²) >= 11 is 12.8. The standard InChI is InChI=1S/C33H38Cl2N4O4S/c1-21(17-23-13-15-24(16-14-23)33(3,4)5)20-37(6)31(40)26-18-29(28(35)19-27(26)34)44(42,43)36-30-22(2)38(7)39(32(30)41)25-11-9-8-10-12-25/h8-16,18-19,21,36H,17,20H2,1-7H3. The maximum Gasteiger partial charge on any atom is 0.296 e. The van der Waals surface area contributed by atoms with Crippen LogP contribution >= 0.6 is 23.2 Å². The van der Waals surface area contributed by atoms with Crippen molar-refractivity contribution >= 4 is 44.8 Å². The molecule has 1 unspecified atom stereocenters. The zero-order chi connectivity index (χ0) is 32.6. The van der Waals surface area contributed by atoms with Crippen molar-refractivity contribution in [3.05, 3.63) is 110 Å². The Hall–Kier alpha value is -3.53. The van der Waals surface area contributed by atoms with Crippen molar-refractivity contribution in [2.24, 2.45) is 13.0 Å². The minimum atomic E-state index is -4.39. The van der Waals surface area contributed by atoms with E-state index in [2.05, 4.69) is 56.7 Å². The van der Waals surface area contributed by atoms with E-state index in [1.807, 2.05) is 6.07 Å². The highest BCUT2D eigenvalue weighted by Gasteiger charge is 2.28. The molecule has 4 rings (SSSR count). The van der Waals surface area contributed by atoms with Crippen LogP contribution in [0.5, 0.6) is 0 Å². The first-order valence-corrected chi connectivity index (χ1v) is 16.5. The predicted molar refractivity (Wildman–Crippen MR) is 178 cm³/mol. The molecule has 0 aliphatic carbocycles. The maximum absolute atomic E-state index is 13.6. The van der Waals surface area contributed by atoms with Gasteiger partial charge in [-0.15, -0.1) is 0 Å². The molecule has 0 spiro atoms. The average molecular weight is 658 g/mol. The van der Waals surface area contributed by atoms with E-state index >= 15 is 0 Å². The van der Waals surface area contributed by atoms with Gasteiger partial charge in [0.2, 0.25) is 0 Å². The number of aromatic nitrogens is 2. The van der Waals surface area contributed by atoms with Crippen LogP contribution in [0.25, 0.3) is 5.69 Å². The fourth-order valence-corrected chi connectivity index (χ4v) is 7.11. The Bertz CT molecular complexity index is 1840. The van der Waals surface area contributed by atoms with Crippen LogP contribution in [-0.4, -0.2) is 42.2 Å². The number of hydrogen-bond donors (Lipinski definition) is 1. The van der Waals surface area contributed by atoms with E-state index in [-0.39, 0.29) is 37.5 Å². The smallest absolute Gasteiger partial charge is 0.296 e. The SMILES string of the molecule is Cc1c(NS(=O)(=O)c2cc(C(=O)N(C)CC(C)Cc3ccc(C(C)(C)C)cc3)c(Cl)cc2Cl)c(=O)n(-c2ccccc2)n1C. The maximum atomic E-state index is 13.6. The van der Waals surface area contributed by atoms with Gasteiger partial charge in [0, 0.05) is 20.6 Å². The number of nitrogens with zero attached hydrogens (tertiary/aromatic N) is 3. The van der Waals surface area contributed by atoms with Crippen molar-refractivity contribution < 1.29 is 13.2 Å². The molecule has 1 atom stereocenters. The minimum Gasteiger partial charge on any atom is -0.341 e. The highest BCUT2D eigenvalue weighted by Crippen LogP contribution is 2.31. The topological polar surface area (TPSA) is 93.4 Å². The lowest BCUT2D eigenvalue weighted by atomic mass is 9.86. The van der Waals surface area contributed by atoms with Crippen molar-refractivity contribution in [2.45, 2.75) is 51.3 Å². The van der Waals surface area contributed by atoms with Crippen LogP contribution in [0.1, 0.15) is 54.9 Å². The molecule has 0 saturated carbocycles. The lowest BCUT2D eigenvalue weighted by molar-refractivity contribution is 0.0775. The molecule has 0 fully saturated rings. The zero-order valence-electron chi connectivity index (χ0n) is 26.0. The van der Waals surface area contributed by atoms with Gasteiger partial charge in [-0.25, -0.2) is 13.1 Å². The monoisotopic (exact) mass is 656 g/mol. The molecule has 0 saturated heterocycles. The summed E-state index contributed by atoms with van der Waals surface area (Å²) in [6, 6.07) is 19.8. The Morgan fingerprint density at radius 2 is 1.61 bits per heavy atom. The molecule has 1 heterocycles. The van der Waals surface area contributed by atoms with Crippen LogP contribution in [0, 0.1) is 12.8 Å². The molecular formula is C33H38Cl2N4O4S. The molecule has 0 aliphatic rings. The van der Waals surface area contributed by atoms with Crippen molar-refractivity contribution in [3.8, 4) is 5.69 Å². The summed E-state index contributed by atoms with van der Waals surface area (Å²) < 4.78 is 32.5. The van der Waals surface area contributed by atoms with Crippen LogP contribution in [0.15, 0.2) is 76.4 Å². The quantitative estimate of drug-likeness (QED) is 0.213. The van der Waals surface area contributed by atoms with Crippen molar-refractivity contribution in [3.63, 3.8) is 0 Å². The molecule has 0 aliphatic heterocycles. The molecule has 11 heteroatoms. The number of anilines is 1. The fourth-order valence-electron chi connectivity index (χ4n) is 5.14. The molecule has 0 bridgehead atoms. The summed E-state index contributed by atoms with van der Waals surface area (Å²) in [5.41, 5.74) is 2.76. The van der Waals surface area contributed by atoms with E-state index in [1.54, 1.807) is 50.0 Å². The second kappa shape index (κ2) is 12.8. The summed E-state index contributed by atoms with van der Waals surface area (Å²) in [5, 5.41) is -0.149. The minimum absolute atomic E-state index is 0.00727. The van der Waals surface area contributed by atoms with E-state index in [0.717, 1.165) is 18.1 Å².